The minimum absolute atomic E-state index is 0.225. The van der Waals surface area contributed by atoms with Crippen LogP contribution < -0.4 is 10.9 Å². The van der Waals surface area contributed by atoms with Crippen molar-refractivity contribution < 1.29 is 4.79 Å². The Morgan fingerprint density at radius 3 is 2.29 bits per heavy atom. The highest BCUT2D eigenvalue weighted by atomic mass is 16.2. The highest BCUT2D eigenvalue weighted by Gasteiger charge is 2.13. The van der Waals surface area contributed by atoms with Gasteiger partial charge in [0.1, 0.15) is 11.5 Å². The fraction of sp³-hybridized carbons (Fsp3) is 0. The molecule has 0 atom stereocenters. The van der Waals surface area contributed by atoms with Gasteiger partial charge in [0.2, 0.25) is 0 Å². The van der Waals surface area contributed by atoms with E-state index in [1.54, 1.807) is 24.4 Å². The van der Waals surface area contributed by atoms with Crippen LogP contribution >= 0.6 is 0 Å². The summed E-state index contributed by atoms with van der Waals surface area (Å²) in [6, 6.07) is 24.2. The number of aromatic amines is 2. The Morgan fingerprint density at radius 1 is 0.806 bits per heavy atom. The lowest BCUT2D eigenvalue weighted by atomic mass is 10.0. The van der Waals surface area contributed by atoms with Crippen molar-refractivity contribution in [1.82, 2.24) is 20.2 Å². The summed E-state index contributed by atoms with van der Waals surface area (Å²) in [4.78, 5) is 32.0. The van der Waals surface area contributed by atoms with Crippen molar-refractivity contribution in [2.24, 2.45) is 0 Å². The normalized spacial score (nSPS) is 10.8. The summed E-state index contributed by atoms with van der Waals surface area (Å²) >= 11 is 0. The smallest absolute Gasteiger partial charge is 0.275 e. The van der Waals surface area contributed by atoms with Gasteiger partial charge in [-0.1, -0.05) is 60.7 Å². The van der Waals surface area contributed by atoms with Gasteiger partial charge in [-0.15, -0.1) is 0 Å². The Hall–Kier alpha value is -4.52. The number of nitrogens with one attached hydrogen (secondary N) is 3. The Labute approximate surface area is 176 Å². The molecule has 0 unspecified atom stereocenters. The number of rotatable bonds is 4. The second-order valence-corrected chi connectivity index (χ2v) is 6.98. The Kier molecular flexibility index (Phi) is 4.61. The highest BCUT2D eigenvalue weighted by Crippen LogP contribution is 2.25. The second-order valence-electron chi connectivity index (χ2n) is 6.98. The molecule has 0 saturated carbocycles. The van der Waals surface area contributed by atoms with Crippen molar-refractivity contribution in [1.29, 1.82) is 0 Å². The molecule has 0 bridgehead atoms. The lowest BCUT2D eigenvalue weighted by molar-refractivity contribution is 0.102. The first-order valence-electron chi connectivity index (χ1n) is 9.69. The zero-order valence-corrected chi connectivity index (χ0v) is 16.3. The van der Waals surface area contributed by atoms with E-state index < -0.39 is 0 Å². The molecule has 3 N–H and O–H groups in total. The van der Waals surface area contributed by atoms with Crippen LogP contribution in [0, 0.1) is 0 Å². The number of aromatic nitrogens is 4. The summed E-state index contributed by atoms with van der Waals surface area (Å²) in [6.45, 7) is 0. The van der Waals surface area contributed by atoms with E-state index in [2.05, 4.69) is 25.5 Å². The maximum atomic E-state index is 12.6. The molecule has 2 aromatic heterocycles. The van der Waals surface area contributed by atoms with Crippen molar-refractivity contribution in [3.63, 3.8) is 0 Å². The number of H-pyrrole nitrogens is 2. The third-order valence-electron chi connectivity index (χ3n) is 4.97. The van der Waals surface area contributed by atoms with Gasteiger partial charge in [0, 0.05) is 28.4 Å². The second kappa shape index (κ2) is 7.72. The summed E-state index contributed by atoms with van der Waals surface area (Å²) < 4.78 is 0. The van der Waals surface area contributed by atoms with E-state index in [0.717, 1.165) is 16.5 Å². The number of imidazole rings is 1. The van der Waals surface area contributed by atoms with Crippen LogP contribution in [0.15, 0.2) is 89.9 Å². The van der Waals surface area contributed by atoms with E-state index >= 15 is 0 Å². The van der Waals surface area contributed by atoms with Crippen LogP contribution in [0.3, 0.4) is 0 Å². The van der Waals surface area contributed by atoms with Crippen LogP contribution in [0.2, 0.25) is 0 Å². The number of benzene rings is 3. The van der Waals surface area contributed by atoms with E-state index in [9.17, 15) is 9.59 Å². The van der Waals surface area contributed by atoms with Gasteiger partial charge in [0.25, 0.3) is 11.5 Å². The van der Waals surface area contributed by atoms with Crippen LogP contribution in [-0.2, 0) is 0 Å². The van der Waals surface area contributed by atoms with Gasteiger partial charge in [0.05, 0.1) is 11.1 Å². The first-order chi connectivity index (χ1) is 15.2. The van der Waals surface area contributed by atoms with Crippen LogP contribution in [0.4, 0.5) is 5.69 Å². The largest absolute Gasteiger partial charge is 0.344 e. The summed E-state index contributed by atoms with van der Waals surface area (Å²) in [5.41, 5.74) is 3.12. The van der Waals surface area contributed by atoms with E-state index in [4.69, 9.17) is 0 Å². The molecule has 150 valence electrons. The number of anilines is 1. The Balaban J connectivity index is 1.37. The summed E-state index contributed by atoms with van der Waals surface area (Å²) in [5.74, 6) is 0.330. The van der Waals surface area contributed by atoms with Crippen molar-refractivity contribution in [3.05, 3.63) is 101 Å². The van der Waals surface area contributed by atoms with E-state index in [0.29, 0.717) is 28.3 Å². The molecular formula is C24H17N5O2. The molecule has 0 aliphatic heterocycles. The summed E-state index contributed by atoms with van der Waals surface area (Å²) in [5, 5.41) is 10.9. The molecule has 0 saturated heterocycles. The molecule has 1 amide bonds. The van der Waals surface area contributed by atoms with Crippen LogP contribution in [0.25, 0.3) is 33.4 Å². The van der Waals surface area contributed by atoms with Crippen LogP contribution in [0.5, 0.6) is 0 Å². The molecule has 5 aromatic rings. The first-order valence-corrected chi connectivity index (χ1v) is 9.69. The SMILES string of the molecule is O=C(Nc1ccc(-c2n[nH]c(=O)c3ccccc23)cc1)c1c[nH]c(-c2ccccc2)n1. The Bertz CT molecular complexity index is 1440. The Morgan fingerprint density at radius 2 is 1.52 bits per heavy atom. The highest BCUT2D eigenvalue weighted by molar-refractivity contribution is 6.03. The van der Waals surface area contributed by atoms with Gasteiger partial charge in [0.15, 0.2) is 0 Å². The van der Waals surface area contributed by atoms with Gasteiger partial charge in [-0.25, -0.2) is 10.1 Å². The zero-order chi connectivity index (χ0) is 21.2. The summed E-state index contributed by atoms with van der Waals surface area (Å²) in [7, 11) is 0. The predicted molar refractivity (Wildman–Crippen MR) is 120 cm³/mol. The molecule has 0 spiro atoms. The summed E-state index contributed by atoms with van der Waals surface area (Å²) in [6.07, 6.45) is 1.59. The van der Waals surface area contributed by atoms with Crippen LogP contribution in [-0.4, -0.2) is 26.1 Å². The van der Waals surface area contributed by atoms with E-state index in [-0.39, 0.29) is 11.5 Å². The maximum Gasteiger partial charge on any atom is 0.275 e. The van der Waals surface area contributed by atoms with Gasteiger partial charge >= 0.3 is 0 Å². The van der Waals surface area contributed by atoms with Gasteiger partial charge in [-0.2, -0.15) is 5.10 Å². The molecule has 3 aromatic carbocycles. The zero-order valence-electron chi connectivity index (χ0n) is 16.3. The standard InChI is InChI=1S/C24H17N5O2/c30-23-19-9-5-4-8-18(19)21(28-29-23)15-10-12-17(13-11-15)26-24(31)20-14-25-22(27-20)16-6-2-1-3-7-16/h1-14H,(H,25,27)(H,26,31)(H,29,30). The molecule has 31 heavy (non-hydrogen) atoms. The van der Waals surface area contributed by atoms with E-state index in [1.807, 2.05) is 60.7 Å². The van der Waals surface area contributed by atoms with Gasteiger partial charge in [-0.3, -0.25) is 9.59 Å². The van der Waals surface area contributed by atoms with Crippen LogP contribution in [0.1, 0.15) is 10.5 Å². The van der Waals surface area contributed by atoms with Gasteiger partial charge < -0.3 is 10.3 Å². The number of nitrogens with zero attached hydrogens (tertiary/aromatic N) is 2. The van der Waals surface area contributed by atoms with Gasteiger partial charge in [-0.05, 0) is 18.2 Å². The number of carbonyl (C=O) groups is 1. The van der Waals surface area contributed by atoms with Crippen molar-refractivity contribution >= 4 is 22.4 Å². The number of hydrogen-bond acceptors (Lipinski definition) is 4. The third kappa shape index (κ3) is 3.60. The molecule has 0 aliphatic carbocycles. The number of hydrogen-bond donors (Lipinski definition) is 3. The molecule has 2 heterocycles. The molecule has 0 aliphatic rings. The molecule has 0 radical (unpaired) electrons. The molecular weight excluding hydrogens is 390 g/mol. The number of fused-ring (bicyclic) bond motifs is 1. The van der Waals surface area contributed by atoms with E-state index in [1.165, 1.54) is 0 Å². The molecule has 7 heteroatoms. The third-order valence-corrected chi connectivity index (χ3v) is 4.97. The molecule has 0 fully saturated rings. The molecule has 5 rings (SSSR count). The quantitative estimate of drug-likeness (QED) is 0.415. The lowest BCUT2D eigenvalue weighted by Crippen LogP contribution is -2.12. The molecule has 7 nitrogen and oxygen atoms in total. The van der Waals surface area contributed by atoms with Crippen molar-refractivity contribution in [2.75, 3.05) is 5.32 Å². The minimum atomic E-state index is -0.307. The number of amides is 1. The van der Waals surface area contributed by atoms with Crippen molar-refractivity contribution in [3.8, 4) is 22.6 Å². The predicted octanol–water partition coefficient (Wildman–Crippen LogP) is 4.23. The fourth-order valence-corrected chi connectivity index (χ4v) is 3.42. The topological polar surface area (TPSA) is 104 Å². The number of carbonyl (C=O) groups excluding carboxylic acids is 1. The monoisotopic (exact) mass is 407 g/mol. The average Bonchev–Trinajstić information content (AvgIpc) is 3.32. The minimum Gasteiger partial charge on any atom is -0.344 e. The van der Waals surface area contributed by atoms with Crippen molar-refractivity contribution in [2.45, 2.75) is 0 Å². The fourth-order valence-electron chi connectivity index (χ4n) is 3.42. The lowest BCUT2D eigenvalue weighted by Gasteiger charge is -2.07. The average molecular weight is 407 g/mol. The maximum absolute atomic E-state index is 12.6. The first kappa shape index (κ1) is 18.5.